The fourth-order valence-electron chi connectivity index (χ4n) is 2.61. The fourth-order valence-corrected chi connectivity index (χ4v) is 2.79. The predicted octanol–water partition coefficient (Wildman–Crippen LogP) is 4.10. The predicted molar refractivity (Wildman–Crippen MR) is 106 cm³/mol. The molecule has 0 bridgehead atoms. The van der Waals surface area contributed by atoms with Crippen molar-refractivity contribution in [1.82, 2.24) is 20.3 Å². The Kier molecular flexibility index (Phi) is 4.55. The highest BCUT2D eigenvalue weighted by Crippen LogP contribution is 2.27. The largest absolute Gasteiger partial charge is 0.459 e. The molecule has 7 heteroatoms. The molecule has 0 saturated heterocycles. The van der Waals surface area contributed by atoms with E-state index in [1.165, 1.54) is 12.8 Å². The first kappa shape index (κ1) is 16.9. The number of furan rings is 1. The lowest BCUT2D eigenvalue weighted by Gasteiger charge is -2.09. The van der Waals surface area contributed by atoms with Gasteiger partial charge in [0.15, 0.2) is 16.5 Å². The molecule has 26 heavy (non-hydrogen) atoms. The van der Waals surface area contributed by atoms with E-state index in [0.29, 0.717) is 33.9 Å². The van der Waals surface area contributed by atoms with Gasteiger partial charge in [-0.2, -0.15) is 0 Å². The van der Waals surface area contributed by atoms with E-state index in [-0.39, 0.29) is 0 Å². The number of hydrogen-bond donors (Lipinski definition) is 2. The maximum atomic E-state index is 5.86. The zero-order valence-corrected chi connectivity index (χ0v) is 15.6. The van der Waals surface area contributed by atoms with E-state index >= 15 is 0 Å². The van der Waals surface area contributed by atoms with Crippen molar-refractivity contribution < 1.29 is 4.42 Å². The van der Waals surface area contributed by atoms with Gasteiger partial charge in [0.25, 0.3) is 0 Å². The van der Waals surface area contributed by atoms with Crippen molar-refractivity contribution in [2.24, 2.45) is 5.92 Å². The van der Waals surface area contributed by atoms with Crippen LogP contribution in [0.25, 0.3) is 22.6 Å². The standard InChI is InChI=1S/C19H21N5OS/c1-11(2)15-6-7-16(25-15)14-10-20-13-5-8-17(23-18(13)22-14)24-19(26)21-9-12-3-4-12/h5-8,10-12H,3-4,9H2,1-2H3,(H2,21,22,23,24,26). The van der Waals surface area contributed by atoms with Gasteiger partial charge in [-0.15, -0.1) is 0 Å². The first-order chi connectivity index (χ1) is 12.6. The van der Waals surface area contributed by atoms with E-state index < -0.39 is 0 Å². The number of aromatic nitrogens is 3. The van der Waals surface area contributed by atoms with Gasteiger partial charge in [-0.1, -0.05) is 13.8 Å². The Morgan fingerprint density at radius 1 is 1.23 bits per heavy atom. The number of rotatable bonds is 5. The van der Waals surface area contributed by atoms with Gasteiger partial charge in [0.2, 0.25) is 0 Å². The van der Waals surface area contributed by atoms with E-state index in [9.17, 15) is 0 Å². The molecule has 0 aliphatic heterocycles. The Hall–Kier alpha value is -2.54. The topological polar surface area (TPSA) is 75.9 Å². The van der Waals surface area contributed by atoms with Crippen molar-refractivity contribution in [2.75, 3.05) is 11.9 Å². The second-order valence-electron chi connectivity index (χ2n) is 6.93. The molecule has 0 amide bonds. The lowest BCUT2D eigenvalue weighted by molar-refractivity contribution is 0.497. The van der Waals surface area contributed by atoms with E-state index in [0.717, 1.165) is 23.7 Å². The van der Waals surface area contributed by atoms with Gasteiger partial charge < -0.3 is 15.1 Å². The molecule has 2 N–H and O–H groups in total. The summed E-state index contributed by atoms with van der Waals surface area (Å²) in [5, 5.41) is 6.92. The Balaban J connectivity index is 1.54. The summed E-state index contributed by atoms with van der Waals surface area (Å²) < 4.78 is 5.86. The average Bonchev–Trinajstić information content (AvgIpc) is 3.32. The van der Waals surface area contributed by atoms with E-state index in [1.54, 1.807) is 6.20 Å². The summed E-state index contributed by atoms with van der Waals surface area (Å²) in [6.07, 6.45) is 4.28. The quantitative estimate of drug-likeness (QED) is 0.657. The summed E-state index contributed by atoms with van der Waals surface area (Å²) in [6.45, 7) is 5.10. The molecule has 6 nitrogen and oxygen atoms in total. The summed E-state index contributed by atoms with van der Waals surface area (Å²) in [4.78, 5) is 13.6. The second kappa shape index (κ2) is 6.99. The molecule has 4 rings (SSSR count). The molecule has 3 heterocycles. The third-order valence-corrected chi connectivity index (χ3v) is 4.59. The molecule has 1 saturated carbocycles. The summed E-state index contributed by atoms with van der Waals surface area (Å²) in [5.74, 6) is 3.37. The summed E-state index contributed by atoms with van der Waals surface area (Å²) in [6, 6.07) is 7.63. The molecule has 0 unspecified atom stereocenters. The van der Waals surface area contributed by atoms with Gasteiger partial charge >= 0.3 is 0 Å². The monoisotopic (exact) mass is 367 g/mol. The summed E-state index contributed by atoms with van der Waals surface area (Å²) in [7, 11) is 0. The lowest BCUT2D eigenvalue weighted by Crippen LogP contribution is -2.30. The van der Waals surface area contributed by atoms with Crippen LogP contribution in [-0.2, 0) is 0 Å². The molecule has 3 aromatic heterocycles. The number of nitrogens with zero attached hydrogens (tertiary/aromatic N) is 3. The highest BCUT2D eigenvalue weighted by atomic mass is 32.1. The van der Waals surface area contributed by atoms with Gasteiger partial charge in [-0.3, -0.25) is 4.98 Å². The van der Waals surface area contributed by atoms with Crippen molar-refractivity contribution in [3.8, 4) is 11.5 Å². The maximum absolute atomic E-state index is 5.86. The number of fused-ring (bicyclic) bond motifs is 1. The van der Waals surface area contributed by atoms with Crippen LogP contribution >= 0.6 is 12.2 Å². The smallest absolute Gasteiger partial charge is 0.180 e. The Morgan fingerprint density at radius 3 is 2.81 bits per heavy atom. The Labute approximate surface area is 157 Å². The minimum absolute atomic E-state index is 0.329. The minimum atomic E-state index is 0.329. The zero-order chi connectivity index (χ0) is 18.1. The molecule has 134 valence electrons. The molecule has 1 aliphatic carbocycles. The third kappa shape index (κ3) is 3.83. The summed E-state index contributed by atoms with van der Waals surface area (Å²) in [5.41, 5.74) is 1.95. The van der Waals surface area contributed by atoms with Crippen molar-refractivity contribution in [1.29, 1.82) is 0 Å². The third-order valence-electron chi connectivity index (χ3n) is 4.34. The number of pyridine rings is 1. The van der Waals surface area contributed by atoms with Gasteiger partial charge in [0.1, 0.15) is 22.8 Å². The summed E-state index contributed by atoms with van der Waals surface area (Å²) >= 11 is 5.32. The SMILES string of the molecule is CC(C)c1ccc(-c2cnc3ccc(NC(=S)NCC4CC4)nc3n2)o1. The van der Waals surface area contributed by atoms with Crippen LogP contribution in [-0.4, -0.2) is 26.6 Å². The van der Waals surface area contributed by atoms with Crippen LogP contribution in [0.4, 0.5) is 5.82 Å². The molecule has 0 atom stereocenters. The van der Waals surface area contributed by atoms with Crippen LogP contribution in [0.15, 0.2) is 34.9 Å². The van der Waals surface area contributed by atoms with Crippen LogP contribution in [0.1, 0.15) is 38.4 Å². The fraction of sp³-hybridized carbons (Fsp3) is 0.368. The van der Waals surface area contributed by atoms with Crippen molar-refractivity contribution in [3.05, 3.63) is 36.2 Å². The zero-order valence-electron chi connectivity index (χ0n) is 14.8. The average molecular weight is 367 g/mol. The second-order valence-corrected chi connectivity index (χ2v) is 7.34. The van der Waals surface area contributed by atoms with Crippen LogP contribution in [0.3, 0.4) is 0 Å². The van der Waals surface area contributed by atoms with E-state index in [2.05, 4.69) is 39.4 Å². The van der Waals surface area contributed by atoms with Crippen LogP contribution < -0.4 is 10.6 Å². The molecule has 0 radical (unpaired) electrons. The number of hydrogen-bond acceptors (Lipinski definition) is 5. The van der Waals surface area contributed by atoms with Gasteiger partial charge in [-0.05, 0) is 55.2 Å². The number of anilines is 1. The van der Waals surface area contributed by atoms with E-state index in [4.69, 9.17) is 16.6 Å². The molecular weight excluding hydrogens is 346 g/mol. The maximum Gasteiger partial charge on any atom is 0.180 e. The van der Waals surface area contributed by atoms with Gasteiger partial charge in [0, 0.05) is 12.5 Å². The highest BCUT2D eigenvalue weighted by molar-refractivity contribution is 7.80. The van der Waals surface area contributed by atoms with Crippen LogP contribution in [0.2, 0.25) is 0 Å². The Morgan fingerprint density at radius 2 is 2.08 bits per heavy atom. The molecule has 1 fully saturated rings. The van der Waals surface area contributed by atoms with Crippen LogP contribution in [0.5, 0.6) is 0 Å². The van der Waals surface area contributed by atoms with Crippen LogP contribution in [0, 0.1) is 5.92 Å². The van der Waals surface area contributed by atoms with E-state index in [1.807, 2.05) is 24.3 Å². The first-order valence-electron chi connectivity index (χ1n) is 8.87. The molecular formula is C19H21N5OS. The van der Waals surface area contributed by atoms with Gasteiger partial charge in [0.05, 0.1) is 6.20 Å². The Bertz CT molecular complexity index is 948. The molecule has 1 aliphatic rings. The highest BCUT2D eigenvalue weighted by Gasteiger charge is 2.21. The first-order valence-corrected chi connectivity index (χ1v) is 9.28. The van der Waals surface area contributed by atoms with Crippen molar-refractivity contribution >= 4 is 34.3 Å². The van der Waals surface area contributed by atoms with Gasteiger partial charge in [-0.25, -0.2) is 9.97 Å². The lowest BCUT2D eigenvalue weighted by atomic mass is 10.2. The number of nitrogens with one attached hydrogen (secondary N) is 2. The van der Waals surface area contributed by atoms with Crippen molar-refractivity contribution in [3.63, 3.8) is 0 Å². The number of thiocarbonyl (C=S) groups is 1. The van der Waals surface area contributed by atoms with Crippen molar-refractivity contribution in [2.45, 2.75) is 32.6 Å². The molecule has 0 aromatic carbocycles. The molecule has 3 aromatic rings. The normalized spacial score (nSPS) is 14.0. The molecule has 0 spiro atoms. The minimum Gasteiger partial charge on any atom is -0.459 e.